The van der Waals surface area contributed by atoms with E-state index in [2.05, 4.69) is 41.6 Å². The lowest BCUT2D eigenvalue weighted by atomic mass is 10.1. The second kappa shape index (κ2) is 4.70. The van der Waals surface area contributed by atoms with Crippen molar-refractivity contribution in [2.75, 3.05) is 5.32 Å². The molecule has 0 aliphatic heterocycles. The third-order valence-corrected chi connectivity index (χ3v) is 3.09. The molecule has 0 aliphatic carbocycles. The molecule has 2 aromatic rings. The zero-order chi connectivity index (χ0) is 12.4. The van der Waals surface area contributed by atoms with Gasteiger partial charge in [-0.15, -0.1) is 0 Å². The van der Waals surface area contributed by atoms with E-state index in [0.717, 1.165) is 17.0 Å². The van der Waals surface area contributed by atoms with Crippen molar-refractivity contribution in [3.8, 4) is 0 Å². The van der Waals surface area contributed by atoms with Crippen LogP contribution in [0, 0.1) is 13.8 Å². The Morgan fingerprint density at radius 3 is 2.76 bits per heavy atom. The molecule has 7 heteroatoms. The molecule has 6 nitrogen and oxygen atoms in total. The largest absolute Gasteiger partial charge is 0.322 e. The van der Waals surface area contributed by atoms with Crippen molar-refractivity contribution in [3.05, 3.63) is 27.8 Å². The molecule has 0 fully saturated rings. The van der Waals surface area contributed by atoms with E-state index in [-0.39, 0.29) is 5.91 Å². The van der Waals surface area contributed by atoms with Gasteiger partial charge in [0.15, 0.2) is 0 Å². The van der Waals surface area contributed by atoms with Gasteiger partial charge in [0.2, 0.25) is 5.91 Å². The number of carbonyl (C=O) groups is 1. The average Bonchev–Trinajstić information content (AvgIpc) is 2.80. The molecular formula is C10H12BrN5O. The summed E-state index contributed by atoms with van der Waals surface area (Å²) in [6, 6.07) is 0. The molecule has 0 aliphatic rings. The van der Waals surface area contributed by atoms with Crippen molar-refractivity contribution in [3.63, 3.8) is 0 Å². The lowest BCUT2D eigenvalue weighted by molar-refractivity contribution is -0.115. The highest BCUT2D eigenvalue weighted by atomic mass is 79.9. The van der Waals surface area contributed by atoms with Crippen molar-refractivity contribution < 1.29 is 4.79 Å². The van der Waals surface area contributed by atoms with Crippen LogP contribution < -0.4 is 5.32 Å². The van der Waals surface area contributed by atoms with Gasteiger partial charge >= 0.3 is 0 Å². The van der Waals surface area contributed by atoms with Gasteiger partial charge in [-0.3, -0.25) is 15.0 Å². The van der Waals surface area contributed by atoms with Crippen molar-refractivity contribution in [1.29, 1.82) is 0 Å². The Morgan fingerprint density at radius 1 is 1.47 bits per heavy atom. The number of hydrogen-bond acceptors (Lipinski definition) is 3. The second-order valence-electron chi connectivity index (χ2n) is 3.74. The van der Waals surface area contributed by atoms with Crippen LogP contribution in [-0.4, -0.2) is 26.3 Å². The summed E-state index contributed by atoms with van der Waals surface area (Å²) < 4.78 is 0.659. The van der Waals surface area contributed by atoms with E-state index < -0.39 is 0 Å². The van der Waals surface area contributed by atoms with Crippen LogP contribution in [0.3, 0.4) is 0 Å². The third-order valence-electron chi connectivity index (χ3n) is 2.48. The van der Waals surface area contributed by atoms with Crippen LogP contribution in [-0.2, 0) is 11.2 Å². The molecule has 0 aromatic carbocycles. The van der Waals surface area contributed by atoms with Crippen LogP contribution in [0.25, 0.3) is 0 Å². The van der Waals surface area contributed by atoms with Gasteiger partial charge in [-0.25, -0.2) is 0 Å². The number of aromatic nitrogens is 4. The number of anilines is 1. The predicted octanol–water partition coefficient (Wildman–Crippen LogP) is 1.69. The number of H-pyrrole nitrogens is 2. The standard InChI is InChI=1S/C10H12BrN5O/c1-5-7(6(2)15-14-5)3-9(17)13-8-4-12-16-10(8)11/h4H,3H2,1-2H3,(H,12,16)(H,13,17)(H,14,15). The summed E-state index contributed by atoms with van der Waals surface area (Å²) in [7, 11) is 0. The number of nitrogens with one attached hydrogen (secondary N) is 3. The normalized spacial score (nSPS) is 10.5. The summed E-state index contributed by atoms with van der Waals surface area (Å²) in [6.45, 7) is 3.77. The highest BCUT2D eigenvalue weighted by Gasteiger charge is 2.13. The monoisotopic (exact) mass is 297 g/mol. The van der Waals surface area contributed by atoms with Crippen LogP contribution >= 0.6 is 15.9 Å². The van der Waals surface area contributed by atoms with Crippen LogP contribution in [0.15, 0.2) is 10.8 Å². The van der Waals surface area contributed by atoms with Crippen molar-refractivity contribution in [2.24, 2.45) is 0 Å². The first-order valence-corrected chi connectivity index (χ1v) is 5.86. The summed E-state index contributed by atoms with van der Waals surface area (Å²) in [5, 5.41) is 16.2. The summed E-state index contributed by atoms with van der Waals surface area (Å²) >= 11 is 3.25. The lowest BCUT2D eigenvalue weighted by Gasteiger charge is -2.03. The number of aromatic amines is 2. The Hall–Kier alpha value is -1.63. The summed E-state index contributed by atoms with van der Waals surface area (Å²) in [6.07, 6.45) is 1.85. The fraction of sp³-hybridized carbons (Fsp3) is 0.300. The first-order valence-electron chi connectivity index (χ1n) is 5.07. The second-order valence-corrected chi connectivity index (χ2v) is 4.53. The molecule has 2 rings (SSSR count). The molecule has 0 radical (unpaired) electrons. The molecule has 0 unspecified atom stereocenters. The molecule has 0 saturated carbocycles. The van der Waals surface area contributed by atoms with E-state index in [9.17, 15) is 4.79 Å². The van der Waals surface area contributed by atoms with E-state index in [0.29, 0.717) is 16.7 Å². The number of rotatable bonds is 3. The van der Waals surface area contributed by atoms with Gasteiger partial charge in [0, 0.05) is 11.3 Å². The SMILES string of the molecule is Cc1n[nH]c(C)c1CC(=O)Nc1cn[nH]c1Br. The molecule has 90 valence electrons. The number of halogens is 1. The molecule has 17 heavy (non-hydrogen) atoms. The molecule has 3 N–H and O–H groups in total. The third kappa shape index (κ3) is 2.55. The molecule has 0 spiro atoms. The van der Waals surface area contributed by atoms with Gasteiger partial charge < -0.3 is 5.32 Å². The number of carbonyl (C=O) groups excluding carboxylic acids is 1. The summed E-state index contributed by atoms with van der Waals surface area (Å²) in [5.41, 5.74) is 3.34. The van der Waals surface area contributed by atoms with Crippen LogP contribution in [0.4, 0.5) is 5.69 Å². The molecule has 0 saturated heterocycles. The van der Waals surface area contributed by atoms with Crippen LogP contribution in [0.1, 0.15) is 17.0 Å². The van der Waals surface area contributed by atoms with Gasteiger partial charge in [-0.2, -0.15) is 10.2 Å². The van der Waals surface area contributed by atoms with Gasteiger partial charge in [0.05, 0.1) is 24.0 Å². The molecule has 2 aromatic heterocycles. The topological polar surface area (TPSA) is 86.5 Å². The Morgan fingerprint density at radius 2 is 2.24 bits per heavy atom. The zero-order valence-corrected chi connectivity index (χ0v) is 11.1. The molecule has 0 atom stereocenters. The highest BCUT2D eigenvalue weighted by Crippen LogP contribution is 2.18. The fourth-order valence-corrected chi connectivity index (χ4v) is 1.85. The van der Waals surface area contributed by atoms with Gasteiger partial charge in [0.1, 0.15) is 4.60 Å². The molecule has 0 bridgehead atoms. The number of amides is 1. The van der Waals surface area contributed by atoms with E-state index in [1.165, 1.54) is 0 Å². The highest BCUT2D eigenvalue weighted by molar-refractivity contribution is 9.10. The Balaban J connectivity index is 2.06. The number of hydrogen-bond donors (Lipinski definition) is 3. The lowest BCUT2D eigenvalue weighted by Crippen LogP contribution is -2.15. The smallest absolute Gasteiger partial charge is 0.229 e. The van der Waals surface area contributed by atoms with E-state index in [1.807, 2.05) is 13.8 Å². The van der Waals surface area contributed by atoms with Crippen molar-refractivity contribution >= 4 is 27.5 Å². The minimum absolute atomic E-state index is 0.0975. The van der Waals surface area contributed by atoms with E-state index in [1.54, 1.807) is 6.20 Å². The minimum Gasteiger partial charge on any atom is -0.322 e. The zero-order valence-electron chi connectivity index (χ0n) is 9.47. The van der Waals surface area contributed by atoms with Crippen LogP contribution in [0.2, 0.25) is 0 Å². The maximum Gasteiger partial charge on any atom is 0.229 e. The van der Waals surface area contributed by atoms with Gasteiger partial charge in [-0.1, -0.05) is 0 Å². The molecule has 2 heterocycles. The maximum absolute atomic E-state index is 11.8. The van der Waals surface area contributed by atoms with Gasteiger partial charge in [0.25, 0.3) is 0 Å². The first kappa shape index (κ1) is 11.8. The van der Waals surface area contributed by atoms with Crippen LogP contribution in [0.5, 0.6) is 0 Å². The fourth-order valence-electron chi connectivity index (χ4n) is 1.55. The Labute approximate surface area is 106 Å². The van der Waals surface area contributed by atoms with Crippen molar-refractivity contribution in [2.45, 2.75) is 20.3 Å². The summed E-state index contributed by atoms with van der Waals surface area (Å²) in [5.74, 6) is -0.0975. The maximum atomic E-state index is 11.8. The minimum atomic E-state index is -0.0975. The first-order chi connectivity index (χ1) is 8.08. The van der Waals surface area contributed by atoms with E-state index in [4.69, 9.17) is 0 Å². The Kier molecular flexibility index (Phi) is 3.28. The van der Waals surface area contributed by atoms with E-state index >= 15 is 0 Å². The predicted molar refractivity (Wildman–Crippen MR) is 66.7 cm³/mol. The molecule has 1 amide bonds. The average molecular weight is 298 g/mol. The van der Waals surface area contributed by atoms with Gasteiger partial charge in [-0.05, 0) is 29.8 Å². The Bertz CT molecular complexity index is 525. The quantitative estimate of drug-likeness (QED) is 0.806. The summed E-state index contributed by atoms with van der Waals surface area (Å²) in [4.78, 5) is 11.8. The number of aryl methyl sites for hydroxylation is 2. The van der Waals surface area contributed by atoms with Crippen molar-refractivity contribution in [1.82, 2.24) is 20.4 Å². The molecular weight excluding hydrogens is 286 g/mol. The number of nitrogens with zero attached hydrogens (tertiary/aromatic N) is 2.